The summed E-state index contributed by atoms with van der Waals surface area (Å²) >= 11 is 0. The molecule has 20 heavy (non-hydrogen) atoms. The highest BCUT2D eigenvalue weighted by Crippen LogP contribution is 2.39. The number of benzene rings is 1. The monoisotopic (exact) mass is 272 g/mol. The molecule has 0 spiro atoms. The normalized spacial score (nSPS) is 32.1. The maximum absolute atomic E-state index is 6.35. The highest BCUT2D eigenvalue weighted by atomic mass is 15.2. The van der Waals surface area contributed by atoms with Gasteiger partial charge in [-0.25, -0.2) is 0 Å². The van der Waals surface area contributed by atoms with E-state index in [1.165, 1.54) is 49.0 Å². The fourth-order valence-corrected chi connectivity index (χ4v) is 4.27. The molecule has 2 nitrogen and oxygen atoms in total. The topological polar surface area (TPSA) is 29.3 Å². The maximum Gasteiger partial charge on any atom is 0.0322 e. The summed E-state index contributed by atoms with van der Waals surface area (Å²) in [6, 6.07) is 7.79. The van der Waals surface area contributed by atoms with Gasteiger partial charge in [0.1, 0.15) is 0 Å². The Kier molecular flexibility index (Phi) is 3.87. The van der Waals surface area contributed by atoms with Crippen LogP contribution < -0.4 is 5.73 Å². The molecule has 3 rings (SSSR count). The van der Waals surface area contributed by atoms with E-state index < -0.39 is 0 Å². The smallest absolute Gasteiger partial charge is 0.0322 e. The molecule has 2 heteroatoms. The molecule has 1 aliphatic heterocycles. The van der Waals surface area contributed by atoms with E-state index in [4.69, 9.17) is 5.73 Å². The van der Waals surface area contributed by atoms with E-state index in [1.54, 1.807) is 0 Å². The van der Waals surface area contributed by atoms with Gasteiger partial charge in [0.15, 0.2) is 0 Å². The summed E-state index contributed by atoms with van der Waals surface area (Å²) in [5, 5.41) is 0. The van der Waals surface area contributed by atoms with Crippen LogP contribution in [0.15, 0.2) is 18.2 Å². The summed E-state index contributed by atoms with van der Waals surface area (Å²) < 4.78 is 0. The molecule has 0 radical (unpaired) electrons. The molecule has 4 unspecified atom stereocenters. The van der Waals surface area contributed by atoms with E-state index >= 15 is 0 Å². The lowest BCUT2D eigenvalue weighted by molar-refractivity contribution is 0.244. The van der Waals surface area contributed by atoms with E-state index in [-0.39, 0.29) is 0 Å². The van der Waals surface area contributed by atoms with Crippen molar-refractivity contribution in [2.24, 2.45) is 17.6 Å². The van der Waals surface area contributed by atoms with Crippen molar-refractivity contribution in [3.63, 3.8) is 0 Å². The first kappa shape index (κ1) is 14.1. The fraction of sp³-hybridized carbons (Fsp3) is 0.667. The Bertz CT molecular complexity index is 482. The van der Waals surface area contributed by atoms with Crippen LogP contribution in [0, 0.1) is 25.7 Å². The first-order valence-corrected chi connectivity index (χ1v) is 8.13. The lowest BCUT2D eigenvalue weighted by Gasteiger charge is -2.30. The molecule has 0 aromatic heterocycles. The van der Waals surface area contributed by atoms with Crippen molar-refractivity contribution in [1.29, 1.82) is 0 Å². The van der Waals surface area contributed by atoms with E-state index in [1.807, 2.05) is 0 Å². The Balaban J connectivity index is 1.78. The van der Waals surface area contributed by atoms with Gasteiger partial charge in [-0.2, -0.15) is 0 Å². The SMILES string of the molecule is Cc1ccc(C)c(C(C)N2CC3CCCC(N)C3C2)c1. The van der Waals surface area contributed by atoms with Crippen LogP contribution in [-0.4, -0.2) is 24.0 Å². The predicted molar refractivity (Wildman–Crippen MR) is 84.7 cm³/mol. The van der Waals surface area contributed by atoms with Crippen molar-refractivity contribution in [3.8, 4) is 0 Å². The van der Waals surface area contributed by atoms with Crippen LogP contribution in [-0.2, 0) is 0 Å². The second-order valence-electron chi connectivity index (χ2n) is 7.01. The van der Waals surface area contributed by atoms with Gasteiger partial charge in [0, 0.05) is 25.2 Å². The molecule has 1 aromatic rings. The van der Waals surface area contributed by atoms with Gasteiger partial charge < -0.3 is 5.73 Å². The minimum Gasteiger partial charge on any atom is -0.327 e. The molecule has 2 N–H and O–H groups in total. The molecule has 1 saturated heterocycles. The number of fused-ring (bicyclic) bond motifs is 1. The molecule has 1 saturated carbocycles. The van der Waals surface area contributed by atoms with E-state index in [0.717, 1.165) is 11.8 Å². The maximum atomic E-state index is 6.35. The van der Waals surface area contributed by atoms with Gasteiger partial charge >= 0.3 is 0 Å². The van der Waals surface area contributed by atoms with Crippen molar-refractivity contribution in [2.45, 2.75) is 52.1 Å². The minimum absolute atomic E-state index is 0.435. The van der Waals surface area contributed by atoms with Gasteiger partial charge in [-0.3, -0.25) is 4.90 Å². The zero-order valence-electron chi connectivity index (χ0n) is 13.1. The van der Waals surface area contributed by atoms with Crippen molar-refractivity contribution < 1.29 is 0 Å². The van der Waals surface area contributed by atoms with Crippen LogP contribution in [0.5, 0.6) is 0 Å². The van der Waals surface area contributed by atoms with Gasteiger partial charge in [0.25, 0.3) is 0 Å². The number of likely N-dealkylation sites (tertiary alicyclic amines) is 1. The molecular weight excluding hydrogens is 244 g/mol. The highest BCUT2D eigenvalue weighted by molar-refractivity contribution is 5.33. The highest BCUT2D eigenvalue weighted by Gasteiger charge is 2.40. The zero-order chi connectivity index (χ0) is 14.3. The lowest BCUT2D eigenvalue weighted by atomic mass is 9.78. The summed E-state index contributed by atoms with van der Waals surface area (Å²) in [6.07, 6.45) is 3.94. The number of hydrogen-bond acceptors (Lipinski definition) is 2. The van der Waals surface area contributed by atoms with Crippen LogP contribution >= 0.6 is 0 Å². The van der Waals surface area contributed by atoms with Crippen molar-refractivity contribution in [2.75, 3.05) is 13.1 Å². The molecule has 1 aromatic carbocycles. The summed E-state index contributed by atoms with van der Waals surface area (Å²) in [5.41, 5.74) is 10.6. The third kappa shape index (κ3) is 2.51. The van der Waals surface area contributed by atoms with Crippen molar-refractivity contribution in [3.05, 3.63) is 34.9 Å². The number of nitrogens with two attached hydrogens (primary N) is 1. The summed E-state index contributed by atoms with van der Waals surface area (Å²) in [7, 11) is 0. The van der Waals surface area contributed by atoms with Gasteiger partial charge in [-0.15, -0.1) is 0 Å². The molecule has 2 fully saturated rings. The third-order valence-corrected chi connectivity index (χ3v) is 5.61. The third-order valence-electron chi connectivity index (χ3n) is 5.61. The van der Waals surface area contributed by atoms with Gasteiger partial charge in [0.05, 0.1) is 0 Å². The van der Waals surface area contributed by atoms with Gasteiger partial charge in [-0.1, -0.05) is 30.2 Å². The minimum atomic E-state index is 0.435. The molecular formula is C18H28N2. The second kappa shape index (κ2) is 5.50. The zero-order valence-corrected chi connectivity index (χ0v) is 13.1. The van der Waals surface area contributed by atoms with Crippen LogP contribution in [0.1, 0.15) is 48.9 Å². The summed E-state index contributed by atoms with van der Waals surface area (Å²) in [4.78, 5) is 2.67. The van der Waals surface area contributed by atoms with Gasteiger partial charge in [0.2, 0.25) is 0 Å². The van der Waals surface area contributed by atoms with Crippen molar-refractivity contribution in [1.82, 2.24) is 4.90 Å². The van der Waals surface area contributed by atoms with E-state index in [0.29, 0.717) is 12.1 Å². The fourth-order valence-electron chi connectivity index (χ4n) is 4.27. The standard InChI is InChI=1S/C18H28N2/c1-12-7-8-13(2)16(9-12)14(3)20-10-15-5-4-6-18(19)17(15)11-20/h7-9,14-15,17-18H,4-6,10-11,19H2,1-3H3. The molecule has 1 aliphatic carbocycles. The molecule has 4 atom stereocenters. The van der Waals surface area contributed by atoms with Crippen LogP contribution in [0.3, 0.4) is 0 Å². The number of hydrogen-bond donors (Lipinski definition) is 1. The second-order valence-corrected chi connectivity index (χ2v) is 7.01. The van der Waals surface area contributed by atoms with Crippen molar-refractivity contribution >= 4 is 0 Å². The van der Waals surface area contributed by atoms with E-state index in [2.05, 4.69) is 43.9 Å². The number of rotatable bonds is 2. The predicted octanol–water partition coefficient (Wildman–Crippen LogP) is 3.42. The molecule has 0 amide bonds. The Morgan fingerprint density at radius 1 is 1.20 bits per heavy atom. The van der Waals surface area contributed by atoms with Crippen LogP contribution in [0.25, 0.3) is 0 Å². The largest absolute Gasteiger partial charge is 0.327 e. The number of nitrogens with zero attached hydrogens (tertiary/aromatic N) is 1. The molecule has 2 aliphatic rings. The lowest BCUT2D eigenvalue weighted by Crippen LogP contribution is -2.38. The first-order valence-electron chi connectivity index (χ1n) is 8.13. The van der Waals surface area contributed by atoms with E-state index in [9.17, 15) is 0 Å². The molecule has 0 bridgehead atoms. The molecule has 1 heterocycles. The Hall–Kier alpha value is -0.860. The summed E-state index contributed by atoms with van der Waals surface area (Å²) in [6.45, 7) is 9.23. The van der Waals surface area contributed by atoms with Crippen LogP contribution in [0.2, 0.25) is 0 Å². The summed E-state index contributed by atoms with van der Waals surface area (Å²) in [5.74, 6) is 1.57. The first-order chi connectivity index (χ1) is 9.56. The molecule has 110 valence electrons. The Morgan fingerprint density at radius 3 is 2.75 bits per heavy atom. The average molecular weight is 272 g/mol. The quantitative estimate of drug-likeness (QED) is 0.894. The number of aryl methyl sites for hydroxylation is 2. The average Bonchev–Trinajstić information content (AvgIpc) is 2.86. The Morgan fingerprint density at radius 2 is 2.00 bits per heavy atom. The van der Waals surface area contributed by atoms with Crippen LogP contribution in [0.4, 0.5) is 0 Å². The van der Waals surface area contributed by atoms with Gasteiger partial charge in [-0.05, 0) is 56.6 Å². The Labute approximate surface area is 123 Å².